The van der Waals surface area contributed by atoms with E-state index in [-0.39, 0.29) is 35.9 Å². The molecule has 1 amide bonds. The standard InChI is InChI=1S/C19H38N4O2.HI/c1-4-16(3)23-18(24)12-13-21-19(20-5-2)22-14-15-25-17-10-8-6-7-9-11-17;/h16-17H,4-15H2,1-3H3,(H,23,24)(H2,20,21,22);1H. The Hall–Kier alpha value is -0.570. The molecule has 1 rings (SSSR count). The fourth-order valence-corrected chi connectivity index (χ4v) is 2.87. The Bertz CT molecular complexity index is 386. The van der Waals surface area contributed by atoms with Crippen LogP contribution < -0.4 is 16.0 Å². The van der Waals surface area contributed by atoms with Crippen molar-refractivity contribution in [2.24, 2.45) is 4.99 Å². The molecule has 1 aliphatic carbocycles. The van der Waals surface area contributed by atoms with E-state index in [0.717, 1.165) is 18.9 Å². The number of hydrogen-bond acceptors (Lipinski definition) is 3. The van der Waals surface area contributed by atoms with Gasteiger partial charge in [0.1, 0.15) is 0 Å². The van der Waals surface area contributed by atoms with Crippen LogP contribution in [0.25, 0.3) is 0 Å². The van der Waals surface area contributed by atoms with Crippen LogP contribution in [0.5, 0.6) is 0 Å². The van der Waals surface area contributed by atoms with E-state index in [2.05, 4.69) is 27.9 Å². The minimum Gasteiger partial charge on any atom is -0.376 e. The van der Waals surface area contributed by atoms with Crippen LogP contribution in [0.2, 0.25) is 0 Å². The quantitative estimate of drug-likeness (QED) is 0.147. The van der Waals surface area contributed by atoms with Crippen molar-refractivity contribution in [2.45, 2.75) is 84.3 Å². The zero-order chi connectivity index (χ0) is 18.3. The summed E-state index contributed by atoms with van der Waals surface area (Å²) in [6.07, 6.45) is 9.46. The number of ether oxygens (including phenoxy) is 1. The molecule has 0 aliphatic heterocycles. The molecule has 0 saturated heterocycles. The molecule has 0 radical (unpaired) electrons. The van der Waals surface area contributed by atoms with E-state index < -0.39 is 0 Å². The molecule has 0 aromatic rings. The molecular weight excluding hydrogens is 443 g/mol. The maximum absolute atomic E-state index is 11.8. The lowest BCUT2D eigenvalue weighted by Crippen LogP contribution is -2.40. The number of halogens is 1. The molecule has 0 spiro atoms. The molecule has 0 heterocycles. The van der Waals surface area contributed by atoms with Crippen molar-refractivity contribution in [1.82, 2.24) is 16.0 Å². The van der Waals surface area contributed by atoms with Gasteiger partial charge in [-0.25, -0.2) is 0 Å². The van der Waals surface area contributed by atoms with Gasteiger partial charge >= 0.3 is 0 Å². The molecule has 3 N–H and O–H groups in total. The summed E-state index contributed by atoms with van der Waals surface area (Å²) >= 11 is 0. The van der Waals surface area contributed by atoms with Crippen molar-refractivity contribution in [3.8, 4) is 0 Å². The zero-order valence-electron chi connectivity index (χ0n) is 16.8. The van der Waals surface area contributed by atoms with Gasteiger partial charge in [-0.2, -0.15) is 0 Å². The van der Waals surface area contributed by atoms with Crippen molar-refractivity contribution >= 4 is 35.8 Å². The zero-order valence-corrected chi connectivity index (χ0v) is 19.1. The van der Waals surface area contributed by atoms with Crippen LogP contribution >= 0.6 is 24.0 Å². The van der Waals surface area contributed by atoms with Gasteiger partial charge in [0.15, 0.2) is 5.96 Å². The SMILES string of the molecule is CCNC(=NCCOC1CCCCCC1)NCCC(=O)NC(C)CC.I. The second-order valence-corrected chi connectivity index (χ2v) is 6.80. The number of carbonyl (C=O) groups is 1. The van der Waals surface area contributed by atoms with Crippen LogP contribution in [-0.2, 0) is 9.53 Å². The Morgan fingerprint density at radius 2 is 1.85 bits per heavy atom. The summed E-state index contributed by atoms with van der Waals surface area (Å²) in [6.45, 7) is 8.81. The summed E-state index contributed by atoms with van der Waals surface area (Å²) in [4.78, 5) is 16.3. The van der Waals surface area contributed by atoms with Crippen LogP contribution in [0.3, 0.4) is 0 Å². The van der Waals surface area contributed by atoms with E-state index in [9.17, 15) is 4.79 Å². The van der Waals surface area contributed by atoms with Crippen molar-refractivity contribution in [1.29, 1.82) is 0 Å². The second-order valence-electron chi connectivity index (χ2n) is 6.80. The third kappa shape index (κ3) is 12.7. The Morgan fingerprint density at radius 1 is 1.15 bits per heavy atom. The van der Waals surface area contributed by atoms with Gasteiger partial charge < -0.3 is 20.7 Å². The van der Waals surface area contributed by atoms with Gasteiger partial charge in [-0.1, -0.05) is 32.6 Å². The van der Waals surface area contributed by atoms with Crippen LogP contribution in [0.1, 0.15) is 72.1 Å². The molecule has 1 unspecified atom stereocenters. The number of amides is 1. The highest BCUT2D eigenvalue weighted by Gasteiger charge is 2.12. The number of carbonyl (C=O) groups excluding carboxylic acids is 1. The number of hydrogen-bond donors (Lipinski definition) is 3. The van der Waals surface area contributed by atoms with E-state index in [1.54, 1.807) is 0 Å². The topological polar surface area (TPSA) is 74.8 Å². The average Bonchev–Trinajstić information content (AvgIpc) is 2.87. The second kappa shape index (κ2) is 16.6. The Kier molecular flexibility index (Phi) is 16.2. The number of aliphatic imine (C=N–C) groups is 1. The fraction of sp³-hybridized carbons (Fsp3) is 0.895. The molecule has 0 aromatic carbocycles. The summed E-state index contributed by atoms with van der Waals surface area (Å²) in [5, 5.41) is 9.39. The van der Waals surface area contributed by atoms with Gasteiger partial charge in [0.05, 0.1) is 19.3 Å². The molecule has 6 nitrogen and oxygen atoms in total. The molecule has 1 saturated carbocycles. The summed E-state index contributed by atoms with van der Waals surface area (Å²) < 4.78 is 5.96. The normalized spacial score (nSPS) is 17.0. The average molecular weight is 482 g/mol. The molecule has 1 fully saturated rings. The first-order chi connectivity index (χ1) is 12.2. The summed E-state index contributed by atoms with van der Waals surface area (Å²) in [5.41, 5.74) is 0. The van der Waals surface area contributed by atoms with E-state index in [1.165, 1.54) is 38.5 Å². The highest BCUT2D eigenvalue weighted by Crippen LogP contribution is 2.19. The van der Waals surface area contributed by atoms with E-state index in [0.29, 0.717) is 32.2 Å². The van der Waals surface area contributed by atoms with Gasteiger partial charge in [0.25, 0.3) is 0 Å². The lowest BCUT2D eigenvalue weighted by atomic mass is 10.1. The Balaban J connectivity index is 0.00000625. The molecule has 0 bridgehead atoms. The van der Waals surface area contributed by atoms with Crippen molar-refractivity contribution in [3.63, 3.8) is 0 Å². The van der Waals surface area contributed by atoms with E-state index in [4.69, 9.17) is 4.74 Å². The maximum atomic E-state index is 11.8. The molecule has 1 atom stereocenters. The van der Waals surface area contributed by atoms with E-state index in [1.807, 2.05) is 13.8 Å². The van der Waals surface area contributed by atoms with Gasteiger partial charge in [-0.05, 0) is 33.1 Å². The molecule has 1 aliphatic rings. The van der Waals surface area contributed by atoms with Crippen LogP contribution in [0.4, 0.5) is 0 Å². The fourth-order valence-electron chi connectivity index (χ4n) is 2.87. The Morgan fingerprint density at radius 3 is 2.46 bits per heavy atom. The summed E-state index contributed by atoms with van der Waals surface area (Å²) in [5.74, 6) is 0.831. The van der Waals surface area contributed by atoms with E-state index >= 15 is 0 Å². The van der Waals surface area contributed by atoms with Gasteiger partial charge in [-0.3, -0.25) is 9.79 Å². The lowest BCUT2D eigenvalue weighted by molar-refractivity contribution is -0.121. The highest BCUT2D eigenvalue weighted by atomic mass is 127. The molecular formula is C19H39IN4O2. The first-order valence-corrected chi connectivity index (χ1v) is 10.1. The summed E-state index contributed by atoms with van der Waals surface area (Å²) in [7, 11) is 0. The third-order valence-electron chi connectivity index (χ3n) is 4.53. The highest BCUT2D eigenvalue weighted by molar-refractivity contribution is 14.0. The van der Waals surface area contributed by atoms with Crippen molar-refractivity contribution in [2.75, 3.05) is 26.2 Å². The Labute approximate surface area is 176 Å². The van der Waals surface area contributed by atoms with Crippen molar-refractivity contribution in [3.05, 3.63) is 0 Å². The lowest BCUT2D eigenvalue weighted by Gasteiger charge is -2.15. The van der Waals surface area contributed by atoms with Crippen molar-refractivity contribution < 1.29 is 9.53 Å². The van der Waals surface area contributed by atoms with Gasteiger partial charge in [0, 0.05) is 25.6 Å². The first-order valence-electron chi connectivity index (χ1n) is 10.1. The smallest absolute Gasteiger partial charge is 0.221 e. The summed E-state index contributed by atoms with van der Waals surface area (Å²) in [6, 6.07) is 0.232. The molecule has 154 valence electrons. The van der Waals surface area contributed by atoms with Crippen LogP contribution in [-0.4, -0.2) is 50.3 Å². The number of nitrogens with one attached hydrogen (secondary N) is 3. The molecule has 26 heavy (non-hydrogen) atoms. The number of guanidine groups is 1. The van der Waals surface area contributed by atoms with Gasteiger partial charge in [-0.15, -0.1) is 24.0 Å². The monoisotopic (exact) mass is 482 g/mol. The van der Waals surface area contributed by atoms with Crippen LogP contribution in [0.15, 0.2) is 4.99 Å². The third-order valence-corrected chi connectivity index (χ3v) is 4.53. The number of nitrogens with zero attached hydrogens (tertiary/aromatic N) is 1. The predicted molar refractivity (Wildman–Crippen MR) is 119 cm³/mol. The maximum Gasteiger partial charge on any atom is 0.221 e. The minimum atomic E-state index is 0. The number of rotatable bonds is 10. The predicted octanol–water partition coefficient (Wildman–Crippen LogP) is 3.20. The minimum absolute atomic E-state index is 0. The largest absolute Gasteiger partial charge is 0.376 e. The van der Waals surface area contributed by atoms with Crippen LogP contribution in [0, 0.1) is 0 Å². The molecule has 7 heteroatoms. The first kappa shape index (κ1) is 25.4. The van der Waals surface area contributed by atoms with Gasteiger partial charge in [0.2, 0.25) is 5.91 Å². The molecule has 0 aromatic heterocycles.